The van der Waals surface area contributed by atoms with Crippen LogP contribution >= 0.6 is 0 Å². The van der Waals surface area contributed by atoms with Crippen molar-refractivity contribution >= 4 is 10.0 Å². The highest BCUT2D eigenvalue weighted by atomic mass is 32.2. The van der Waals surface area contributed by atoms with Crippen molar-refractivity contribution in [3.63, 3.8) is 0 Å². The standard InChI is InChI=1S/C11H16N2O3S/c1-9-4-5-13(7-9)17(15,16)11-3-2-10(8-14)6-12-11/h2-3,6,9,14H,4-5,7-8H2,1H3. The Hall–Kier alpha value is -0.980. The predicted molar refractivity (Wildman–Crippen MR) is 62.7 cm³/mol. The van der Waals surface area contributed by atoms with Crippen molar-refractivity contribution in [2.24, 2.45) is 5.92 Å². The van der Waals surface area contributed by atoms with Gasteiger partial charge in [0, 0.05) is 19.3 Å². The predicted octanol–water partition coefficient (Wildman–Crippen LogP) is 0.604. The van der Waals surface area contributed by atoms with Crippen LogP contribution in [0.5, 0.6) is 0 Å². The van der Waals surface area contributed by atoms with Crippen molar-refractivity contribution in [3.05, 3.63) is 23.9 Å². The van der Waals surface area contributed by atoms with E-state index >= 15 is 0 Å². The fourth-order valence-electron chi connectivity index (χ4n) is 1.90. The summed E-state index contributed by atoms with van der Waals surface area (Å²) in [4.78, 5) is 3.90. The van der Waals surface area contributed by atoms with Crippen molar-refractivity contribution in [1.29, 1.82) is 0 Å². The first-order valence-electron chi connectivity index (χ1n) is 5.60. The topological polar surface area (TPSA) is 70.5 Å². The number of hydrogen-bond acceptors (Lipinski definition) is 4. The molecule has 94 valence electrons. The molecular weight excluding hydrogens is 240 g/mol. The molecule has 17 heavy (non-hydrogen) atoms. The first-order chi connectivity index (χ1) is 8.04. The number of aliphatic hydroxyl groups excluding tert-OH is 1. The minimum atomic E-state index is -3.46. The number of aromatic nitrogens is 1. The minimum Gasteiger partial charge on any atom is -0.392 e. The normalized spacial score (nSPS) is 21.9. The molecule has 5 nitrogen and oxygen atoms in total. The molecule has 1 N–H and O–H groups in total. The van der Waals surface area contributed by atoms with Crippen LogP contribution in [0.4, 0.5) is 0 Å². The zero-order valence-electron chi connectivity index (χ0n) is 9.70. The SMILES string of the molecule is CC1CCN(S(=O)(=O)c2ccc(CO)cn2)C1. The van der Waals surface area contributed by atoms with Crippen LogP contribution in [0.3, 0.4) is 0 Å². The molecule has 1 aromatic rings. The Kier molecular flexibility index (Phi) is 3.46. The molecule has 0 aromatic carbocycles. The molecule has 1 aromatic heterocycles. The molecule has 1 unspecified atom stereocenters. The van der Waals surface area contributed by atoms with Gasteiger partial charge in [0.25, 0.3) is 10.0 Å². The molecule has 1 fully saturated rings. The third-order valence-electron chi connectivity index (χ3n) is 2.97. The molecule has 0 saturated carbocycles. The summed E-state index contributed by atoms with van der Waals surface area (Å²) in [7, 11) is -3.46. The summed E-state index contributed by atoms with van der Waals surface area (Å²) in [5.41, 5.74) is 0.610. The van der Waals surface area contributed by atoms with Crippen LogP contribution in [0.1, 0.15) is 18.9 Å². The van der Waals surface area contributed by atoms with Gasteiger partial charge in [-0.25, -0.2) is 13.4 Å². The van der Waals surface area contributed by atoms with Crippen molar-refractivity contribution in [2.45, 2.75) is 25.0 Å². The minimum absolute atomic E-state index is 0.0591. The summed E-state index contributed by atoms with van der Waals surface area (Å²) >= 11 is 0. The first-order valence-corrected chi connectivity index (χ1v) is 7.04. The van der Waals surface area contributed by atoms with Gasteiger partial charge in [-0.2, -0.15) is 4.31 Å². The Labute approximate surface area is 101 Å². The molecule has 0 bridgehead atoms. The van der Waals surface area contributed by atoms with E-state index in [-0.39, 0.29) is 11.6 Å². The number of aliphatic hydroxyl groups is 1. The van der Waals surface area contributed by atoms with E-state index in [0.717, 1.165) is 6.42 Å². The number of pyridine rings is 1. The Bertz CT molecular complexity index is 484. The van der Waals surface area contributed by atoms with Crippen LogP contribution in [0.25, 0.3) is 0 Å². The van der Waals surface area contributed by atoms with Crippen LogP contribution in [-0.2, 0) is 16.6 Å². The lowest BCUT2D eigenvalue weighted by molar-refractivity contribution is 0.281. The zero-order valence-corrected chi connectivity index (χ0v) is 10.5. The average Bonchev–Trinajstić information content (AvgIpc) is 2.77. The molecule has 2 rings (SSSR count). The quantitative estimate of drug-likeness (QED) is 0.860. The van der Waals surface area contributed by atoms with E-state index in [1.807, 2.05) is 6.92 Å². The van der Waals surface area contributed by atoms with Gasteiger partial charge in [0.2, 0.25) is 0 Å². The van der Waals surface area contributed by atoms with Crippen LogP contribution < -0.4 is 0 Å². The molecule has 0 amide bonds. The maximum absolute atomic E-state index is 12.2. The van der Waals surface area contributed by atoms with Gasteiger partial charge in [0.05, 0.1) is 6.61 Å². The molecule has 0 spiro atoms. The van der Waals surface area contributed by atoms with Crippen LogP contribution in [0, 0.1) is 5.92 Å². The van der Waals surface area contributed by atoms with Crippen molar-refractivity contribution in [1.82, 2.24) is 9.29 Å². The van der Waals surface area contributed by atoms with Gasteiger partial charge < -0.3 is 5.11 Å². The summed E-state index contributed by atoms with van der Waals surface area (Å²) in [6, 6.07) is 3.03. The highest BCUT2D eigenvalue weighted by molar-refractivity contribution is 7.89. The van der Waals surface area contributed by atoms with Gasteiger partial charge in [0.15, 0.2) is 5.03 Å². The van der Waals surface area contributed by atoms with Gasteiger partial charge in [-0.3, -0.25) is 0 Å². The summed E-state index contributed by atoms with van der Waals surface area (Å²) in [6.45, 7) is 3.03. The fourth-order valence-corrected chi connectivity index (χ4v) is 3.39. The maximum Gasteiger partial charge on any atom is 0.260 e. The smallest absolute Gasteiger partial charge is 0.260 e. The summed E-state index contributed by atoms with van der Waals surface area (Å²) in [5.74, 6) is 0.404. The van der Waals surface area contributed by atoms with E-state index in [1.165, 1.54) is 16.6 Å². The summed E-state index contributed by atoms with van der Waals surface area (Å²) < 4.78 is 25.8. The lowest BCUT2D eigenvalue weighted by atomic mass is 10.2. The Balaban J connectivity index is 2.25. The number of rotatable bonds is 3. The van der Waals surface area contributed by atoms with Crippen molar-refractivity contribution in [2.75, 3.05) is 13.1 Å². The second-order valence-electron chi connectivity index (χ2n) is 4.42. The zero-order chi connectivity index (χ0) is 12.5. The van der Waals surface area contributed by atoms with Gasteiger partial charge in [0.1, 0.15) is 0 Å². The largest absolute Gasteiger partial charge is 0.392 e. The highest BCUT2D eigenvalue weighted by Crippen LogP contribution is 2.22. The number of nitrogens with zero attached hydrogens (tertiary/aromatic N) is 2. The second-order valence-corrected chi connectivity index (χ2v) is 6.30. The van der Waals surface area contributed by atoms with Crippen LogP contribution in [-0.4, -0.2) is 35.9 Å². The van der Waals surface area contributed by atoms with E-state index in [0.29, 0.717) is 24.6 Å². The monoisotopic (exact) mass is 256 g/mol. The highest BCUT2D eigenvalue weighted by Gasteiger charge is 2.31. The summed E-state index contributed by atoms with van der Waals surface area (Å²) in [6.07, 6.45) is 2.29. The fraction of sp³-hybridized carbons (Fsp3) is 0.545. The number of hydrogen-bond donors (Lipinski definition) is 1. The second kappa shape index (κ2) is 4.72. The molecule has 1 aliphatic rings. The average molecular weight is 256 g/mol. The third-order valence-corrected chi connectivity index (χ3v) is 4.75. The molecule has 1 atom stereocenters. The first kappa shape index (κ1) is 12.5. The molecule has 1 saturated heterocycles. The van der Waals surface area contributed by atoms with E-state index in [4.69, 9.17) is 5.11 Å². The summed E-state index contributed by atoms with van der Waals surface area (Å²) in [5, 5.41) is 8.94. The van der Waals surface area contributed by atoms with Gasteiger partial charge in [-0.1, -0.05) is 13.0 Å². The maximum atomic E-state index is 12.2. The lowest BCUT2D eigenvalue weighted by Crippen LogP contribution is -2.29. The Morgan fingerprint density at radius 3 is 2.76 bits per heavy atom. The third kappa shape index (κ3) is 2.48. The molecule has 1 aliphatic heterocycles. The molecular formula is C11H16N2O3S. The van der Waals surface area contributed by atoms with Crippen LogP contribution in [0.2, 0.25) is 0 Å². The van der Waals surface area contributed by atoms with E-state index in [2.05, 4.69) is 4.98 Å². The number of sulfonamides is 1. The van der Waals surface area contributed by atoms with Crippen molar-refractivity contribution < 1.29 is 13.5 Å². The van der Waals surface area contributed by atoms with E-state index in [9.17, 15) is 8.42 Å². The van der Waals surface area contributed by atoms with E-state index in [1.54, 1.807) is 6.07 Å². The van der Waals surface area contributed by atoms with Gasteiger partial charge in [-0.05, 0) is 24.0 Å². The molecule has 2 heterocycles. The van der Waals surface area contributed by atoms with Crippen molar-refractivity contribution in [3.8, 4) is 0 Å². The lowest BCUT2D eigenvalue weighted by Gasteiger charge is -2.15. The van der Waals surface area contributed by atoms with Gasteiger partial charge in [-0.15, -0.1) is 0 Å². The Morgan fingerprint density at radius 2 is 2.29 bits per heavy atom. The molecule has 0 aliphatic carbocycles. The molecule has 6 heteroatoms. The van der Waals surface area contributed by atoms with Crippen LogP contribution in [0.15, 0.2) is 23.4 Å². The molecule has 0 radical (unpaired) electrons. The van der Waals surface area contributed by atoms with Gasteiger partial charge >= 0.3 is 0 Å². The van der Waals surface area contributed by atoms with E-state index < -0.39 is 10.0 Å². The Morgan fingerprint density at radius 1 is 1.53 bits per heavy atom.